The third-order valence-corrected chi connectivity index (χ3v) is 5.88. The minimum Gasteiger partial charge on any atom is -0.457 e. The lowest BCUT2D eigenvalue weighted by molar-refractivity contribution is -0.230. The van der Waals surface area contributed by atoms with E-state index < -0.39 is 17.7 Å². The molecule has 0 aromatic carbocycles. The summed E-state index contributed by atoms with van der Waals surface area (Å²) in [4.78, 5) is 12.1. The van der Waals surface area contributed by atoms with E-state index in [0.29, 0.717) is 25.9 Å². The fourth-order valence-corrected chi connectivity index (χ4v) is 4.54. The predicted octanol–water partition coefficient (Wildman–Crippen LogP) is 2.42. The van der Waals surface area contributed by atoms with Gasteiger partial charge in [0.15, 0.2) is 17.7 Å². The van der Waals surface area contributed by atoms with Crippen molar-refractivity contribution in [3.05, 3.63) is 0 Å². The van der Waals surface area contributed by atoms with Crippen LogP contribution in [0.1, 0.15) is 70.6 Å². The molecule has 2 aliphatic heterocycles. The first-order chi connectivity index (χ1) is 11.6. The number of esters is 1. The molecule has 136 valence electrons. The molecule has 0 aromatic heterocycles. The van der Waals surface area contributed by atoms with Gasteiger partial charge in [0.2, 0.25) is 0 Å². The molecule has 2 saturated heterocycles. The zero-order valence-electron chi connectivity index (χ0n) is 14.2. The average Bonchev–Trinajstić information content (AvgIpc) is 3.06. The van der Waals surface area contributed by atoms with Crippen molar-refractivity contribution in [1.82, 2.24) is 0 Å². The Bertz CT molecular complexity index is 466. The molecule has 0 aromatic rings. The second-order valence-electron chi connectivity index (χ2n) is 7.71. The SMILES string of the molecule is O=C1OC(CCOC2(O)CCCCC2)[C@H]2OC3(CCCCC3)O[C@@H]12. The van der Waals surface area contributed by atoms with E-state index in [0.717, 1.165) is 44.9 Å². The first-order valence-electron chi connectivity index (χ1n) is 9.52. The Morgan fingerprint density at radius 1 is 1.00 bits per heavy atom. The number of fused-ring (bicyclic) bond motifs is 1. The number of carbonyl (C=O) groups excluding carboxylic acids is 1. The van der Waals surface area contributed by atoms with Crippen LogP contribution in [0.25, 0.3) is 0 Å². The van der Waals surface area contributed by atoms with Gasteiger partial charge in [-0.2, -0.15) is 0 Å². The van der Waals surface area contributed by atoms with Crippen molar-refractivity contribution in [2.75, 3.05) is 6.61 Å². The van der Waals surface area contributed by atoms with Gasteiger partial charge in [-0.15, -0.1) is 0 Å². The number of carbonyl (C=O) groups is 1. The van der Waals surface area contributed by atoms with Crippen LogP contribution in [-0.2, 0) is 23.7 Å². The second kappa shape index (κ2) is 6.56. The zero-order chi connectivity index (χ0) is 16.6. The highest BCUT2D eigenvalue weighted by atomic mass is 16.8. The highest BCUT2D eigenvalue weighted by Crippen LogP contribution is 2.44. The highest BCUT2D eigenvalue weighted by Gasteiger charge is 2.58. The summed E-state index contributed by atoms with van der Waals surface area (Å²) in [5.41, 5.74) is 0. The summed E-state index contributed by atoms with van der Waals surface area (Å²) >= 11 is 0. The van der Waals surface area contributed by atoms with Gasteiger partial charge < -0.3 is 24.1 Å². The maximum absolute atomic E-state index is 12.1. The Labute approximate surface area is 142 Å². The number of rotatable bonds is 4. The molecule has 6 heteroatoms. The fraction of sp³-hybridized carbons (Fsp3) is 0.944. The average molecular weight is 340 g/mol. The summed E-state index contributed by atoms with van der Waals surface area (Å²) in [5, 5.41) is 10.4. The van der Waals surface area contributed by atoms with Crippen LogP contribution >= 0.6 is 0 Å². The number of hydrogen-bond acceptors (Lipinski definition) is 6. The quantitative estimate of drug-likeness (QED) is 0.626. The molecule has 0 radical (unpaired) electrons. The molecule has 1 N–H and O–H groups in total. The van der Waals surface area contributed by atoms with Crippen molar-refractivity contribution >= 4 is 5.97 Å². The van der Waals surface area contributed by atoms with Gasteiger partial charge in [0, 0.05) is 32.1 Å². The monoisotopic (exact) mass is 340 g/mol. The van der Waals surface area contributed by atoms with E-state index >= 15 is 0 Å². The molecule has 0 bridgehead atoms. The molecule has 1 unspecified atom stereocenters. The first kappa shape index (κ1) is 16.8. The Morgan fingerprint density at radius 2 is 1.67 bits per heavy atom. The van der Waals surface area contributed by atoms with Crippen LogP contribution in [0.5, 0.6) is 0 Å². The minimum absolute atomic E-state index is 0.316. The summed E-state index contributed by atoms with van der Waals surface area (Å²) in [6.07, 6.45) is 8.87. The Balaban J connectivity index is 1.32. The van der Waals surface area contributed by atoms with Gasteiger partial charge in [-0.25, -0.2) is 4.79 Å². The molecule has 4 fully saturated rings. The molecule has 4 rings (SSSR count). The summed E-state index contributed by atoms with van der Waals surface area (Å²) in [7, 11) is 0. The Kier molecular flexibility index (Phi) is 4.58. The van der Waals surface area contributed by atoms with E-state index in [1.54, 1.807) is 0 Å². The molecule has 24 heavy (non-hydrogen) atoms. The van der Waals surface area contributed by atoms with Gasteiger partial charge in [-0.1, -0.05) is 12.8 Å². The number of ether oxygens (including phenoxy) is 4. The maximum Gasteiger partial charge on any atom is 0.338 e. The standard InChI is InChI=1S/C18H28O6/c19-16-15-14(23-18(24-15)10-5-2-6-11-18)13(22-16)7-12-21-17(20)8-3-1-4-9-17/h13-15,20H,1-12H2/t13?,14-,15-/m1/s1. The van der Waals surface area contributed by atoms with E-state index in [-0.39, 0.29) is 18.2 Å². The van der Waals surface area contributed by atoms with Crippen molar-refractivity contribution in [1.29, 1.82) is 0 Å². The predicted molar refractivity (Wildman–Crippen MR) is 84.0 cm³/mol. The summed E-state index contributed by atoms with van der Waals surface area (Å²) in [6, 6.07) is 0. The Morgan fingerprint density at radius 3 is 2.38 bits per heavy atom. The van der Waals surface area contributed by atoms with Gasteiger partial charge >= 0.3 is 5.97 Å². The lowest BCUT2D eigenvalue weighted by atomic mass is 9.94. The third kappa shape index (κ3) is 3.21. The fourth-order valence-electron chi connectivity index (χ4n) is 4.54. The Hall–Kier alpha value is -0.690. The van der Waals surface area contributed by atoms with E-state index in [1.807, 2.05) is 0 Å². The lowest BCUT2D eigenvalue weighted by Crippen LogP contribution is -2.38. The largest absolute Gasteiger partial charge is 0.457 e. The first-order valence-corrected chi connectivity index (χ1v) is 9.52. The summed E-state index contributed by atoms with van der Waals surface area (Å²) in [6.45, 7) is 0.369. The third-order valence-electron chi connectivity index (χ3n) is 5.88. The molecule has 6 nitrogen and oxygen atoms in total. The molecule has 2 heterocycles. The van der Waals surface area contributed by atoms with Gasteiger partial charge in [0.25, 0.3) is 0 Å². The van der Waals surface area contributed by atoms with Crippen LogP contribution in [0.3, 0.4) is 0 Å². The van der Waals surface area contributed by atoms with Crippen molar-refractivity contribution in [3.8, 4) is 0 Å². The molecule has 2 aliphatic carbocycles. The van der Waals surface area contributed by atoms with Crippen molar-refractivity contribution in [2.45, 2.75) is 101 Å². The van der Waals surface area contributed by atoms with Gasteiger partial charge in [0.1, 0.15) is 12.2 Å². The molecule has 4 aliphatic rings. The topological polar surface area (TPSA) is 74.2 Å². The van der Waals surface area contributed by atoms with E-state index in [9.17, 15) is 9.90 Å². The van der Waals surface area contributed by atoms with Crippen LogP contribution < -0.4 is 0 Å². The van der Waals surface area contributed by atoms with Crippen LogP contribution in [0.15, 0.2) is 0 Å². The highest BCUT2D eigenvalue weighted by molar-refractivity contribution is 5.78. The summed E-state index contributed by atoms with van der Waals surface area (Å²) in [5.74, 6) is -1.89. The normalized spacial score (nSPS) is 37.4. The molecular weight excluding hydrogens is 312 g/mol. The molecular formula is C18H28O6. The number of hydrogen-bond donors (Lipinski definition) is 1. The molecule has 1 spiro atoms. The van der Waals surface area contributed by atoms with Gasteiger partial charge in [-0.3, -0.25) is 0 Å². The van der Waals surface area contributed by atoms with Crippen molar-refractivity contribution < 1.29 is 28.8 Å². The minimum atomic E-state index is -1.00. The van der Waals surface area contributed by atoms with Crippen molar-refractivity contribution in [3.63, 3.8) is 0 Å². The van der Waals surface area contributed by atoms with E-state index in [1.165, 1.54) is 6.42 Å². The second-order valence-corrected chi connectivity index (χ2v) is 7.71. The van der Waals surface area contributed by atoms with Gasteiger partial charge in [-0.05, 0) is 25.7 Å². The summed E-state index contributed by atoms with van der Waals surface area (Å²) < 4.78 is 23.3. The molecule has 2 saturated carbocycles. The van der Waals surface area contributed by atoms with Crippen LogP contribution in [0.2, 0.25) is 0 Å². The number of aliphatic hydroxyl groups is 1. The van der Waals surface area contributed by atoms with Crippen LogP contribution in [-0.4, -0.2) is 47.6 Å². The lowest BCUT2D eigenvalue weighted by Gasteiger charge is -2.33. The van der Waals surface area contributed by atoms with Crippen molar-refractivity contribution in [2.24, 2.45) is 0 Å². The van der Waals surface area contributed by atoms with E-state index in [2.05, 4.69) is 0 Å². The molecule has 3 atom stereocenters. The number of cyclic esters (lactones) is 1. The zero-order valence-corrected chi connectivity index (χ0v) is 14.2. The van der Waals surface area contributed by atoms with E-state index in [4.69, 9.17) is 18.9 Å². The maximum atomic E-state index is 12.1. The van der Waals surface area contributed by atoms with Crippen LogP contribution in [0, 0.1) is 0 Å². The molecule has 0 amide bonds. The van der Waals surface area contributed by atoms with Gasteiger partial charge in [0.05, 0.1) is 6.61 Å². The van der Waals surface area contributed by atoms with Crippen LogP contribution in [0.4, 0.5) is 0 Å². The smallest absolute Gasteiger partial charge is 0.338 e.